The Labute approximate surface area is 201 Å². The largest absolute Gasteiger partial charge is 0.444 e. The van der Waals surface area contributed by atoms with Gasteiger partial charge in [0.2, 0.25) is 0 Å². The molecule has 0 atom stereocenters. The van der Waals surface area contributed by atoms with Crippen molar-refractivity contribution in [3.8, 4) is 0 Å². The van der Waals surface area contributed by atoms with Crippen LogP contribution in [0, 0.1) is 5.92 Å². The molecule has 0 aliphatic carbocycles. The summed E-state index contributed by atoms with van der Waals surface area (Å²) in [6.07, 6.45) is 9.00. The molecule has 3 heterocycles. The molecule has 3 aromatic rings. The Kier molecular flexibility index (Phi) is 7.36. The summed E-state index contributed by atoms with van der Waals surface area (Å²) >= 11 is 0. The van der Waals surface area contributed by atoms with Crippen molar-refractivity contribution < 1.29 is 9.53 Å². The number of aromatic nitrogens is 3. The molecule has 0 bridgehead atoms. The van der Waals surface area contributed by atoms with Gasteiger partial charge in [-0.25, -0.2) is 9.78 Å². The van der Waals surface area contributed by atoms with Gasteiger partial charge < -0.3 is 15.0 Å². The molecule has 4 rings (SSSR count). The lowest BCUT2D eigenvalue weighted by Crippen LogP contribution is -2.30. The van der Waals surface area contributed by atoms with E-state index in [2.05, 4.69) is 43.5 Å². The minimum atomic E-state index is -0.570. The van der Waals surface area contributed by atoms with Crippen LogP contribution in [0.3, 0.4) is 0 Å². The van der Waals surface area contributed by atoms with Gasteiger partial charge in [0, 0.05) is 47.5 Å². The topological polar surface area (TPSA) is 84.3 Å². The number of hydrogen-bond donors (Lipinski definition) is 2. The highest BCUT2D eigenvalue weighted by molar-refractivity contribution is 6.03. The zero-order chi connectivity index (χ0) is 24.1. The molecule has 8 heteroatoms. The Balaban J connectivity index is 1.37. The monoisotopic (exact) mass is 464 g/mol. The normalized spacial score (nSPS) is 15.4. The highest BCUT2D eigenvalue weighted by Crippen LogP contribution is 2.28. The standard InChI is InChI=1S/C26H36N6O2/c1-26(2,3)34-25(33)30-24-22-6-5-7-23(21(22)8-12-27-24)28-16-20-17-29-32(18-20)15-11-19-9-13-31(4)14-10-19/h5-8,12,17-19,28H,9-11,13-16H2,1-4H3,(H,27,30,33). The average Bonchev–Trinajstić information content (AvgIpc) is 3.24. The molecule has 0 spiro atoms. The first-order valence-corrected chi connectivity index (χ1v) is 12.1. The number of carbonyl (C=O) groups is 1. The van der Waals surface area contributed by atoms with Crippen LogP contribution in [0.1, 0.15) is 45.6 Å². The molecule has 0 unspecified atom stereocenters. The molecule has 1 aliphatic rings. The highest BCUT2D eigenvalue weighted by atomic mass is 16.6. The lowest BCUT2D eigenvalue weighted by atomic mass is 9.94. The first kappa shape index (κ1) is 24.0. The number of nitrogens with zero attached hydrogens (tertiary/aromatic N) is 4. The van der Waals surface area contributed by atoms with Crippen LogP contribution in [-0.2, 0) is 17.8 Å². The summed E-state index contributed by atoms with van der Waals surface area (Å²) in [6, 6.07) is 7.88. The number of amides is 1. The smallest absolute Gasteiger partial charge is 0.413 e. The molecule has 8 nitrogen and oxygen atoms in total. The van der Waals surface area contributed by atoms with E-state index in [1.807, 2.05) is 51.2 Å². The van der Waals surface area contributed by atoms with Crippen LogP contribution in [0.5, 0.6) is 0 Å². The van der Waals surface area contributed by atoms with E-state index in [-0.39, 0.29) is 0 Å². The molecule has 0 radical (unpaired) electrons. The van der Waals surface area contributed by atoms with Gasteiger partial charge in [0.05, 0.1) is 6.20 Å². The second kappa shape index (κ2) is 10.4. The summed E-state index contributed by atoms with van der Waals surface area (Å²) in [7, 11) is 2.20. The van der Waals surface area contributed by atoms with Crippen LogP contribution in [0.2, 0.25) is 0 Å². The van der Waals surface area contributed by atoms with Crippen molar-refractivity contribution in [1.29, 1.82) is 0 Å². The molecular formula is C26H36N6O2. The number of aryl methyl sites for hydroxylation is 1. The van der Waals surface area contributed by atoms with E-state index in [1.54, 1.807) is 6.20 Å². The summed E-state index contributed by atoms with van der Waals surface area (Å²) < 4.78 is 7.44. The fourth-order valence-electron chi connectivity index (χ4n) is 4.34. The van der Waals surface area contributed by atoms with Crippen molar-refractivity contribution in [2.75, 3.05) is 30.8 Å². The molecular weight excluding hydrogens is 428 g/mol. The number of piperidine rings is 1. The van der Waals surface area contributed by atoms with E-state index < -0.39 is 11.7 Å². The maximum Gasteiger partial charge on any atom is 0.413 e. The van der Waals surface area contributed by atoms with Gasteiger partial charge >= 0.3 is 6.09 Å². The van der Waals surface area contributed by atoms with Gasteiger partial charge in [0.1, 0.15) is 11.4 Å². The zero-order valence-electron chi connectivity index (χ0n) is 20.7. The number of carbonyl (C=O) groups excluding carboxylic acids is 1. The molecule has 182 valence electrons. The van der Waals surface area contributed by atoms with Gasteiger partial charge in [-0.2, -0.15) is 5.10 Å². The molecule has 2 N–H and O–H groups in total. The number of rotatable bonds is 7. The number of nitrogens with one attached hydrogen (secondary N) is 2. The minimum absolute atomic E-state index is 0.483. The van der Waals surface area contributed by atoms with Gasteiger partial charge in [-0.3, -0.25) is 10.00 Å². The number of anilines is 2. The molecule has 0 saturated carbocycles. The van der Waals surface area contributed by atoms with E-state index in [0.717, 1.165) is 34.5 Å². The van der Waals surface area contributed by atoms with Gasteiger partial charge in [-0.05, 0) is 78.2 Å². The summed E-state index contributed by atoms with van der Waals surface area (Å²) in [5.74, 6) is 1.28. The van der Waals surface area contributed by atoms with Crippen LogP contribution in [-0.4, -0.2) is 51.5 Å². The maximum absolute atomic E-state index is 12.2. The van der Waals surface area contributed by atoms with Gasteiger partial charge in [-0.1, -0.05) is 12.1 Å². The van der Waals surface area contributed by atoms with Crippen LogP contribution in [0.15, 0.2) is 42.9 Å². The fraction of sp³-hybridized carbons (Fsp3) is 0.500. The van der Waals surface area contributed by atoms with Gasteiger partial charge in [0.15, 0.2) is 0 Å². The molecule has 1 aromatic carbocycles. The second-order valence-corrected chi connectivity index (χ2v) is 10.2. The van der Waals surface area contributed by atoms with Crippen LogP contribution in [0.4, 0.5) is 16.3 Å². The van der Waals surface area contributed by atoms with Crippen molar-refractivity contribution >= 4 is 28.4 Å². The third-order valence-electron chi connectivity index (χ3n) is 6.20. The highest BCUT2D eigenvalue weighted by Gasteiger charge is 2.18. The molecule has 1 fully saturated rings. The Hall–Kier alpha value is -3.13. The number of benzene rings is 1. The molecule has 1 amide bonds. The van der Waals surface area contributed by atoms with Crippen molar-refractivity contribution in [1.82, 2.24) is 19.7 Å². The Morgan fingerprint density at radius 3 is 2.74 bits per heavy atom. The second-order valence-electron chi connectivity index (χ2n) is 10.2. The van der Waals surface area contributed by atoms with E-state index in [1.165, 1.54) is 32.4 Å². The third kappa shape index (κ3) is 6.47. The van der Waals surface area contributed by atoms with Crippen LogP contribution < -0.4 is 10.6 Å². The minimum Gasteiger partial charge on any atom is -0.444 e. The fourth-order valence-corrected chi connectivity index (χ4v) is 4.34. The number of pyridine rings is 1. The van der Waals surface area contributed by atoms with E-state index in [9.17, 15) is 4.79 Å². The van der Waals surface area contributed by atoms with Crippen LogP contribution >= 0.6 is 0 Å². The number of ether oxygens (including phenoxy) is 1. The number of fused-ring (bicyclic) bond motifs is 1. The van der Waals surface area contributed by atoms with Crippen LogP contribution in [0.25, 0.3) is 10.8 Å². The Bertz CT molecular complexity index is 1110. The maximum atomic E-state index is 12.2. The quantitative estimate of drug-likeness (QED) is 0.505. The lowest BCUT2D eigenvalue weighted by Gasteiger charge is -2.28. The SMILES string of the molecule is CN1CCC(CCn2cc(CNc3cccc4c(NC(=O)OC(C)(C)C)nccc34)cn2)CC1. The molecule has 2 aromatic heterocycles. The van der Waals surface area contributed by atoms with E-state index >= 15 is 0 Å². The predicted octanol–water partition coefficient (Wildman–Crippen LogP) is 5.12. The summed E-state index contributed by atoms with van der Waals surface area (Å²) in [6.45, 7) is 9.55. The predicted molar refractivity (Wildman–Crippen MR) is 136 cm³/mol. The first-order valence-electron chi connectivity index (χ1n) is 12.1. The number of hydrogen-bond acceptors (Lipinski definition) is 6. The number of likely N-dealkylation sites (tertiary alicyclic amines) is 1. The molecule has 1 aliphatic heterocycles. The van der Waals surface area contributed by atoms with Gasteiger partial charge in [0.25, 0.3) is 0 Å². The average molecular weight is 465 g/mol. The van der Waals surface area contributed by atoms with Crippen molar-refractivity contribution in [2.45, 2.75) is 58.7 Å². The summed E-state index contributed by atoms with van der Waals surface area (Å²) in [5, 5.41) is 12.7. The van der Waals surface area contributed by atoms with Crippen molar-refractivity contribution in [2.24, 2.45) is 5.92 Å². The Morgan fingerprint density at radius 2 is 1.97 bits per heavy atom. The van der Waals surface area contributed by atoms with Crippen molar-refractivity contribution in [3.05, 3.63) is 48.4 Å². The third-order valence-corrected chi connectivity index (χ3v) is 6.20. The van der Waals surface area contributed by atoms with Crippen molar-refractivity contribution in [3.63, 3.8) is 0 Å². The zero-order valence-corrected chi connectivity index (χ0v) is 20.7. The molecule has 1 saturated heterocycles. The first-order chi connectivity index (χ1) is 16.3. The molecule has 34 heavy (non-hydrogen) atoms. The van der Waals surface area contributed by atoms with E-state index in [4.69, 9.17) is 4.74 Å². The lowest BCUT2D eigenvalue weighted by molar-refractivity contribution is 0.0635. The summed E-state index contributed by atoms with van der Waals surface area (Å²) in [4.78, 5) is 19.0. The summed E-state index contributed by atoms with van der Waals surface area (Å²) in [5.41, 5.74) is 1.55. The van der Waals surface area contributed by atoms with Gasteiger partial charge in [-0.15, -0.1) is 0 Å². The Morgan fingerprint density at radius 1 is 1.18 bits per heavy atom. The van der Waals surface area contributed by atoms with E-state index in [0.29, 0.717) is 12.4 Å².